The molecule has 0 radical (unpaired) electrons. The molecule has 14 heavy (non-hydrogen) atoms. The van der Waals surface area contributed by atoms with E-state index in [-0.39, 0.29) is 0 Å². The Morgan fingerprint density at radius 2 is 1.71 bits per heavy atom. The molecule has 0 aliphatic rings. The third kappa shape index (κ3) is 5.92. The first-order chi connectivity index (χ1) is 6.65. The van der Waals surface area contributed by atoms with E-state index in [1.165, 1.54) is 6.42 Å². The molecule has 0 aromatic heterocycles. The van der Waals surface area contributed by atoms with Gasteiger partial charge < -0.3 is 4.74 Å². The standard InChI is InChI=1S/C12H26OS/c1-5-12(6-2)13-9-11(7-8-14)10(3)4/h10-12,14H,5-9H2,1-4H3. The topological polar surface area (TPSA) is 9.23 Å². The van der Waals surface area contributed by atoms with Crippen molar-refractivity contribution in [2.75, 3.05) is 12.4 Å². The zero-order valence-electron chi connectivity index (χ0n) is 10.1. The summed E-state index contributed by atoms with van der Waals surface area (Å²) in [5.74, 6) is 2.35. The van der Waals surface area contributed by atoms with Gasteiger partial charge in [0.05, 0.1) is 12.7 Å². The molecule has 0 saturated heterocycles. The molecule has 0 aliphatic heterocycles. The Balaban J connectivity index is 3.79. The van der Waals surface area contributed by atoms with E-state index in [2.05, 4.69) is 40.3 Å². The summed E-state index contributed by atoms with van der Waals surface area (Å²) in [6.45, 7) is 9.83. The average molecular weight is 218 g/mol. The molecule has 0 fully saturated rings. The predicted octanol–water partition coefficient (Wildman–Crippen LogP) is 3.78. The third-order valence-electron chi connectivity index (χ3n) is 2.90. The van der Waals surface area contributed by atoms with Crippen molar-refractivity contribution in [1.82, 2.24) is 0 Å². The van der Waals surface area contributed by atoms with Crippen LogP contribution in [0.4, 0.5) is 0 Å². The van der Waals surface area contributed by atoms with Crippen LogP contribution in [-0.4, -0.2) is 18.5 Å². The van der Waals surface area contributed by atoms with Crippen molar-refractivity contribution in [2.45, 2.75) is 53.1 Å². The molecule has 0 N–H and O–H groups in total. The van der Waals surface area contributed by atoms with Gasteiger partial charge in [-0.25, -0.2) is 0 Å². The minimum absolute atomic E-state index is 0.455. The highest BCUT2D eigenvalue weighted by molar-refractivity contribution is 7.80. The van der Waals surface area contributed by atoms with Crippen LogP contribution in [0.5, 0.6) is 0 Å². The highest BCUT2D eigenvalue weighted by atomic mass is 32.1. The molecule has 0 aliphatic carbocycles. The van der Waals surface area contributed by atoms with Crippen molar-refractivity contribution < 1.29 is 4.74 Å². The lowest BCUT2D eigenvalue weighted by atomic mass is 9.94. The Hall–Kier alpha value is 0.310. The van der Waals surface area contributed by atoms with Crippen LogP contribution in [0.1, 0.15) is 47.0 Å². The lowest BCUT2D eigenvalue weighted by Crippen LogP contribution is -2.21. The predicted molar refractivity (Wildman–Crippen MR) is 67.1 cm³/mol. The summed E-state index contributed by atoms with van der Waals surface area (Å²) < 4.78 is 5.88. The van der Waals surface area contributed by atoms with E-state index in [1.54, 1.807) is 0 Å². The van der Waals surface area contributed by atoms with Crippen LogP contribution in [0.25, 0.3) is 0 Å². The van der Waals surface area contributed by atoms with E-state index in [1.807, 2.05) is 0 Å². The van der Waals surface area contributed by atoms with Crippen molar-refractivity contribution >= 4 is 12.6 Å². The Kier molecular flexibility index (Phi) is 8.80. The number of hydrogen-bond acceptors (Lipinski definition) is 2. The van der Waals surface area contributed by atoms with Crippen molar-refractivity contribution in [2.24, 2.45) is 11.8 Å². The van der Waals surface area contributed by atoms with Crippen LogP contribution >= 0.6 is 12.6 Å². The number of rotatable bonds is 8. The van der Waals surface area contributed by atoms with Gasteiger partial charge in [0.2, 0.25) is 0 Å². The molecule has 1 atom stereocenters. The fourth-order valence-corrected chi connectivity index (χ4v) is 1.89. The average Bonchev–Trinajstić information content (AvgIpc) is 2.17. The second-order valence-corrected chi connectivity index (χ2v) is 4.74. The molecule has 0 bridgehead atoms. The molecule has 1 nitrogen and oxygen atoms in total. The maximum Gasteiger partial charge on any atom is 0.0570 e. The highest BCUT2D eigenvalue weighted by Crippen LogP contribution is 2.18. The van der Waals surface area contributed by atoms with Gasteiger partial charge >= 0.3 is 0 Å². The maximum absolute atomic E-state index is 5.88. The van der Waals surface area contributed by atoms with Crippen molar-refractivity contribution in [3.63, 3.8) is 0 Å². The Morgan fingerprint density at radius 3 is 2.07 bits per heavy atom. The Morgan fingerprint density at radius 1 is 1.14 bits per heavy atom. The van der Waals surface area contributed by atoms with E-state index in [4.69, 9.17) is 4.74 Å². The van der Waals surface area contributed by atoms with Crippen LogP contribution in [0.2, 0.25) is 0 Å². The molecule has 2 heteroatoms. The first-order valence-corrected chi connectivity index (χ1v) is 6.51. The summed E-state index contributed by atoms with van der Waals surface area (Å²) in [5.41, 5.74) is 0. The zero-order valence-corrected chi connectivity index (χ0v) is 11.0. The van der Waals surface area contributed by atoms with Crippen LogP contribution in [0.15, 0.2) is 0 Å². The minimum atomic E-state index is 0.455. The quantitative estimate of drug-likeness (QED) is 0.610. The van der Waals surface area contributed by atoms with Crippen LogP contribution < -0.4 is 0 Å². The molecular weight excluding hydrogens is 192 g/mol. The SMILES string of the molecule is CCC(CC)OCC(CCS)C(C)C. The lowest BCUT2D eigenvalue weighted by Gasteiger charge is -2.23. The van der Waals surface area contributed by atoms with Crippen LogP contribution in [0, 0.1) is 11.8 Å². The summed E-state index contributed by atoms with van der Waals surface area (Å²) in [6.07, 6.45) is 3.88. The number of ether oxygens (including phenoxy) is 1. The van der Waals surface area contributed by atoms with E-state index < -0.39 is 0 Å². The molecule has 0 heterocycles. The van der Waals surface area contributed by atoms with E-state index in [9.17, 15) is 0 Å². The molecule has 0 amide bonds. The van der Waals surface area contributed by atoms with Gasteiger partial charge in [-0.05, 0) is 36.9 Å². The van der Waals surface area contributed by atoms with Gasteiger partial charge in [-0.1, -0.05) is 27.7 Å². The van der Waals surface area contributed by atoms with Crippen LogP contribution in [-0.2, 0) is 4.74 Å². The van der Waals surface area contributed by atoms with Gasteiger partial charge in [-0.2, -0.15) is 12.6 Å². The summed E-state index contributed by atoms with van der Waals surface area (Å²) in [7, 11) is 0. The molecule has 0 aromatic rings. The number of thiol groups is 1. The van der Waals surface area contributed by atoms with Crippen LogP contribution in [0.3, 0.4) is 0 Å². The third-order valence-corrected chi connectivity index (χ3v) is 3.16. The molecule has 1 unspecified atom stereocenters. The van der Waals surface area contributed by atoms with Crippen molar-refractivity contribution in [3.05, 3.63) is 0 Å². The van der Waals surface area contributed by atoms with Gasteiger partial charge in [0.25, 0.3) is 0 Å². The van der Waals surface area contributed by atoms with E-state index in [0.29, 0.717) is 17.9 Å². The first kappa shape index (κ1) is 14.3. The maximum atomic E-state index is 5.88. The van der Waals surface area contributed by atoms with Gasteiger partial charge in [0.15, 0.2) is 0 Å². The second kappa shape index (κ2) is 8.60. The summed E-state index contributed by atoms with van der Waals surface area (Å²) in [5, 5.41) is 0. The van der Waals surface area contributed by atoms with E-state index in [0.717, 1.165) is 25.2 Å². The fraction of sp³-hybridized carbons (Fsp3) is 1.00. The molecule has 0 aromatic carbocycles. The summed E-state index contributed by atoms with van der Waals surface area (Å²) in [4.78, 5) is 0. The molecule has 0 saturated carbocycles. The molecule has 0 spiro atoms. The zero-order chi connectivity index (χ0) is 11.0. The normalized spacial score (nSPS) is 13.9. The Labute approximate surface area is 95.0 Å². The summed E-state index contributed by atoms with van der Waals surface area (Å²) >= 11 is 4.29. The van der Waals surface area contributed by atoms with Crippen molar-refractivity contribution in [3.8, 4) is 0 Å². The Bertz CT molecular complexity index is 121. The van der Waals surface area contributed by atoms with Gasteiger partial charge in [0.1, 0.15) is 0 Å². The summed E-state index contributed by atoms with van der Waals surface area (Å²) in [6, 6.07) is 0. The molecule has 86 valence electrons. The lowest BCUT2D eigenvalue weighted by molar-refractivity contribution is 0.0142. The largest absolute Gasteiger partial charge is 0.378 e. The highest BCUT2D eigenvalue weighted by Gasteiger charge is 2.14. The molecular formula is C12H26OS. The molecule has 0 rings (SSSR count). The minimum Gasteiger partial charge on any atom is -0.378 e. The van der Waals surface area contributed by atoms with Crippen molar-refractivity contribution in [1.29, 1.82) is 0 Å². The van der Waals surface area contributed by atoms with Gasteiger partial charge in [-0.15, -0.1) is 0 Å². The first-order valence-electron chi connectivity index (χ1n) is 5.88. The fourth-order valence-electron chi connectivity index (χ4n) is 1.56. The van der Waals surface area contributed by atoms with Gasteiger partial charge in [-0.3, -0.25) is 0 Å². The number of hydrogen-bond donors (Lipinski definition) is 1. The van der Waals surface area contributed by atoms with Gasteiger partial charge in [0, 0.05) is 0 Å². The second-order valence-electron chi connectivity index (χ2n) is 4.29. The smallest absolute Gasteiger partial charge is 0.0570 e. The monoisotopic (exact) mass is 218 g/mol. The van der Waals surface area contributed by atoms with E-state index >= 15 is 0 Å².